The van der Waals surface area contributed by atoms with Crippen LogP contribution in [-0.4, -0.2) is 62.8 Å². The Morgan fingerprint density at radius 3 is 1.77 bits per heavy atom. The molecule has 0 aromatic heterocycles. The van der Waals surface area contributed by atoms with Crippen molar-refractivity contribution in [2.75, 3.05) is 60.9 Å². The fourth-order valence-corrected chi connectivity index (χ4v) is 12.6. The highest BCUT2D eigenvalue weighted by molar-refractivity contribution is 8.03. The molecule has 0 N–H and O–H groups in total. The Bertz CT molecular complexity index is 2960. The zero-order chi connectivity index (χ0) is 56.6. The Morgan fingerprint density at radius 2 is 1.25 bits per heavy atom. The van der Waals surface area contributed by atoms with E-state index in [9.17, 15) is 10.5 Å². The largest absolute Gasteiger partial charge is 0.476 e. The number of ether oxygens (including phenoxy) is 1. The van der Waals surface area contributed by atoms with Gasteiger partial charge in [0.2, 0.25) is 0 Å². The van der Waals surface area contributed by atoms with Gasteiger partial charge in [-0.15, -0.1) is 11.8 Å². The molecule has 77 heavy (non-hydrogen) atoms. The van der Waals surface area contributed by atoms with Crippen LogP contribution >= 0.6 is 11.8 Å². The first-order valence-corrected chi connectivity index (χ1v) is 34.2. The van der Waals surface area contributed by atoms with Gasteiger partial charge in [0.15, 0.2) is 28.0 Å². The van der Waals surface area contributed by atoms with Crippen molar-refractivity contribution >= 4 is 62.9 Å². The topological polar surface area (TPSA) is 85.0 Å². The fraction of sp³-hybridized carbons (Fsp3) is 0.424. The molecule has 0 saturated heterocycles. The second kappa shape index (κ2) is 24.9. The Hall–Kier alpha value is -5.80. The summed E-state index contributed by atoms with van der Waals surface area (Å²) in [5.41, 5.74) is 10.7. The summed E-state index contributed by atoms with van der Waals surface area (Å²) in [6.07, 6.45) is 12.7. The van der Waals surface area contributed by atoms with Crippen LogP contribution in [0.5, 0.6) is 0 Å². The number of likely N-dealkylation sites (N-methyl/N-ethyl adjacent to an activating group) is 1. The molecule has 6 rings (SSSR count). The van der Waals surface area contributed by atoms with Gasteiger partial charge in [-0.1, -0.05) is 128 Å². The van der Waals surface area contributed by atoms with Gasteiger partial charge in [-0.05, 0) is 158 Å². The SMILES string of the molecule is CCN(CCO[Si](C)(C)C(C)(C)C)c1ccc(N(c2ccc(/C=C/C3=C(SCCO[Si](C)(C)C(C)(C)C)C(=C/C=C/C4=C(C#N)C(=C(/C)C#N)/OC4(C)c4ccccc4)/CC(C)(C)C3)cc2)c2ccc(N(C)C)cc2)cc1. The van der Waals surface area contributed by atoms with Crippen molar-refractivity contribution in [2.24, 2.45) is 5.41 Å². The summed E-state index contributed by atoms with van der Waals surface area (Å²) in [5, 5.41) is 20.8. The second-order valence-corrected chi connectivity index (χ2v) is 35.4. The average Bonchev–Trinajstić information content (AvgIpc) is 3.77. The van der Waals surface area contributed by atoms with Crippen molar-refractivity contribution < 1.29 is 13.6 Å². The summed E-state index contributed by atoms with van der Waals surface area (Å²) >= 11 is 1.88. The van der Waals surface area contributed by atoms with Gasteiger partial charge in [0.05, 0.1) is 18.2 Å². The Morgan fingerprint density at radius 1 is 0.714 bits per heavy atom. The van der Waals surface area contributed by atoms with E-state index in [1.165, 1.54) is 21.7 Å². The number of rotatable bonds is 20. The maximum atomic E-state index is 10.6. The molecule has 0 bridgehead atoms. The van der Waals surface area contributed by atoms with Gasteiger partial charge in [0, 0.05) is 78.5 Å². The number of benzene rings is 4. The number of nitriles is 2. The predicted molar refractivity (Wildman–Crippen MR) is 334 cm³/mol. The molecule has 1 unspecified atom stereocenters. The summed E-state index contributed by atoms with van der Waals surface area (Å²) in [6.45, 7) is 36.8. The van der Waals surface area contributed by atoms with Crippen LogP contribution in [0.4, 0.5) is 28.4 Å². The molecule has 11 heteroatoms. The predicted octanol–water partition coefficient (Wildman–Crippen LogP) is 18.0. The first kappa shape index (κ1) is 60.4. The quantitative estimate of drug-likeness (QED) is 0.0488. The van der Waals surface area contributed by atoms with E-state index in [4.69, 9.17) is 13.6 Å². The van der Waals surface area contributed by atoms with Crippen LogP contribution in [0.25, 0.3) is 6.08 Å². The molecule has 408 valence electrons. The van der Waals surface area contributed by atoms with E-state index in [2.05, 4.69) is 227 Å². The second-order valence-electron chi connectivity index (χ2n) is 24.7. The molecular formula is C66H87N5O3SSi2. The maximum Gasteiger partial charge on any atom is 0.192 e. The van der Waals surface area contributed by atoms with Gasteiger partial charge in [-0.3, -0.25) is 0 Å². The van der Waals surface area contributed by atoms with Crippen molar-refractivity contribution in [1.29, 1.82) is 10.5 Å². The van der Waals surface area contributed by atoms with E-state index in [0.717, 1.165) is 71.1 Å². The van der Waals surface area contributed by atoms with Crippen LogP contribution in [0.3, 0.4) is 0 Å². The monoisotopic (exact) mass is 1090 g/mol. The van der Waals surface area contributed by atoms with Crippen LogP contribution < -0.4 is 14.7 Å². The van der Waals surface area contributed by atoms with Crippen LogP contribution in [-0.2, 0) is 19.2 Å². The van der Waals surface area contributed by atoms with Gasteiger partial charge in [0.1, 0.15) is 11.6 Å². The average molecular weight is 1090 g/mol. The Kier molecular flexibility index (Phi) is 19.5. The van der Waals surface area contributed by atoms with Gasteiger partial charge < -0.3 is 28.3 Å². The molecule has 0 amide bonds. The maximum absolute atomic E-state index is 10.6. The van der Waals surface area contributed by atoms with Crippen molar-refractivity contribution in [3.63, 3.8) is 0 Å². The van der Waals surface area contributed by atoms with Crippen LogP contribution in [0, 0.1) is 28.1 Å². The molecule has 4 aromatic carbocycles. The first-order chi connectivity index (χ1) is 36.1. The summed E-state index contributed by atoms with van der Waals surface area (Å²) in [7, 11) is 0.359. The number of hydrogen-bond acceptors (Lipinski definition) is 9. The van der Waals surface area contributed by atoms with Crippen molar-refractivity contribution in [2.45, 2.75) is 131 Å². The Balaban J connectivity index is 1.35. The highest BCUT2D eigenvalue weighted by Crippen LogP contribution is 2.49. The lowest BCUT2D eigenvalue weighted by Gasteiger charge is -2.37. The molecule has 0 fully saturated rings. The van der Waals surface area contributed by atoms with Gasteiger partial charge >= 0.3 is 0 Å². The molecule has 8 nitrogen and oxygen atoms in total. The summed E-state index contributed by atoms with van der Waals surface area (Å²) in [4.78, 5) is 8.14. The molecule has 1 aliphatic heterocycles. The van der Waals surface area contributed by atoms with Crippen molar-refractivity contribution in [3.8, 4) is 12.1 Å². The van der Waals surface area contributed by atoms with Crippen molar-refractivity contribution in [1.82, 2.24) is 0 Å². The highest BCUT2D eigenvalue weighted by atomic mass is 32.2. The van der Waals surface area contributed by atoms with E-state index in [1.54, 1.807) is 6.92 Å². The molecule has 0 spiro atoms. The molecular weight excluding hydrogens is 999 g/mol. The Labute approximate surface area is 470 Å². The third-order valence-electron chi connectivity index (χ3n) is 16.1. The molecule has 0 saturated carbocycles. The van der Waals surface area contributed by atoms with E-state index >= 15 is 0 Å². The molecule has 1 heterocycles. The third kappa shape index (κ3) is 14.7. The lowest BCUT2D eigenvalue weighted by atomic mass is 9.74. The number of nitrogens with zero attached hydrogens (tertiary/aromatic N) is 5. The number of hydrogen-bond donors (Lipinski definition) is 0. The zero-order valence-corrected chi connectivity index (χ0v) is 52.3. The molecule has 1 atom stereocenters. The summed E-state index contributed by atoms with van der Waals surface area (Å²) < 4.78 is 19.9. The molecule has 0 radical (unpaired) electrons. The number of allylic oxidation sites excluding steroid dienone is 7. The summed E-state index contributed by atoms with van der Waals surface area (Å²) in [5.74, 6) is 1.17. The summed E-state index contributed by atoms with van der Waals surface area (Å²) in [6, 6.07) is 41.2. The standard InChI is InChI=1S/C66H87N5O3SSi2/c1-18-70(41-42-72-76(14,15)63(3,4)5)55-35-39-58(40-36-55)71(57-37-33-54(34-38-57)69(12)13)56-31-28-50(29-32-56)27-30-52-46-65(9,10)45-51(62(52)75-44-43-73-77(16,17)64(6,7)8)23-22-26-60-59(48-68)61(49(2)47-67)74-66(60,11)53-24-20-19-21-25-53/h19-40H,18,41-46H2,1-17H3/b26-22+,30-27+,51-23+,61-49+. The first-order valence-electron chi connectivity index (χ1n) is 27.4. The lowest BCUT2D eigenvalue weighted by molar-refractivity contribution is 0.0750. The molecule has 4 aromatic rings. The number of thioether (sulfide) groups is 1. The lowest BCUT2D eigenvalue weighted by Crippen LogP contribution is -2.42. The van der Waals surface area contributed by atoms with E-state index in [0.29, 0.717) is 30.1 Å². The molecule has 1 aliphatic carbocycles. The fourth-order valence-electron chi connectivity index (χ4n) is 9.33. The van der Waals surface area contributed by atoms with E-state index in [1.807, 2.05) is 55.1 Å². The number of anilines is 5. The van der Waals surface area contributed by atoms with Crippen LogP contribution in [0.2, 0.25) is 36.3 Å². The normalized spacial score (nSPS) is 18.5. The molecule has 2 aliphatic rings. The van der Waals surface area contributed by atoms with E-state index in [-0.39, 0.29) is 15.5 Å². The van der Waals surface area contributed by atoms with Crippen molar-refractivity contribution in [3.05, 3.63) is 177 Å². The van der Waals surface area contributed by atoms with E-state index < -0.39 is 22.2 Å². The minimum Gasteiger partial charge on any atom is -0.476 e. The zero-order valence-electron chi connectivity index (χ0n) is 49.5. The van der Waals surface area contributed by atoms with Gasteiger partial charge in [-0.25, -0.2) is 0 Å². The highest BCUT2D eigenvalue weighted by Gasteiger charge is 2.43. The minimum atomic E-state index is -1.95. The van der Waals surface area contributed by atoms with Crippen LogP contribution in [0.1, 0.15) is 100 Å². The minimum absolute atomic E-state index is 0.0122. The van der Waals surface area contributed by atoms with Crippen LogP contribution in [0.15, 0.2) is 166 Å². The smallest absolute Gasteiger partial charge is 0.192 e. The van der Waals surface area contributed by atoms with Gasteiger partial charge in [-0.2, -0.15) is 10.5 Å². The third-order valence-corrected chi connectivity index (χ3v) is 26.3. The van der Waals surface area contributed by atoms with Gasteiger partial charge in [0.25, 0.3) is 0 Å².